The molecule has 1 atom stereocenters. The molecule has 1 unspecified atom stereocenters. The molecule has 8 heteroatoms. The first-order valence-corrected chi connectivity index (χ1v) is 8.79. The summed E-state index contributed by atoms with van der Waals surface area (Å²) in [5.74, 6) is 0.726. The molecule has 2 aromatic carbocycles. The Morgan fingerprint density at radius 3 is 2.10 bits per heavy atom. The van der Waals surface area contributed by atoms with Gasteiger partial charge in [0, 0.05) is 11.6 Å². The highest BCUT2D eigenvalue weighted by Gasteiger charge is 2.36. The number of methoxy groups -OCH3 is 4. The maximum atomic E-state index is 12.8. The van der Waals surface area contributed by atoms with Gasteiger partial charge in [-0.1, -0.05) is 30.3 Å². The predicted octanol–water partition coefficient (Wildman–Crippen LogP) is 2.65. The highest BCUT2D eigenvalue weighted by atomic mass is 16.5. The van der Waals surface area contributed by atoms with Crippen LogP contribution in [0.1, 0.15) is 17.2 Å². The van der Waals surface area contributed by atoms with Gasteiger partial charge in [0.2, 0.25) is 0 Å². The van der Waals surface area contributed by atoms with Gasteiger partial charge in [-0.05, 0) is 11.6 Å². The van der Waals surface area contributed by atoms with Crippen molar-refractivity contribution in [3.05, 3.63) is 59.2 Å². The van der Waals surface area contributed by atoms with E-state index in [0.717, 1.165) is 0 Å². The van der Waals surface area contributed by atoms with Crippen molar-refractivity contribution in [2.75, 3.05) is 28.4 Å². The fourth-order valence-corrected chi connectivity index (χ4v) is 3.24. The van der Waals surface area contributed by atoms with Gasteiger partial charge in [-0.3, -0.25) is 0 Å². The zero-order chi connectivity index (χ0) is 21.0. The average Bonchev–Trinajstić information content (AvgIpc) is 2.77. The summed E-state index contributed by atoms with van der Waals surface area (Å²) in [7, 11) is 5.79. The lowest BCUT2D eigenvalue weighted by Crippen LogP contribution is -2.45. The molecule has 2 N–H and O–H groups in total. The number of carbonyl (C=O) groups excluding carboxylic acids is 2. The molecule has 1 aliphatic rings. The molecule has 0 aliphatic carbocycles. The van der Waals surface area contributed by atoms with Crippen molar-refractivity contribution in [2.45, 2.75) is 6.04 Å². The van der Waals surface area contributed by atoms with Crippen molar-refractivity contribution in [3.8, 4) is 17.2 Å². The zero-order valence-electron chi connectivity index (χ0n) is 16.6. The zero-order valence-corrected chi connectivity index (χ0v) is 16.6. The number of carbonyl (C=O) groups is 2. The largest absolute Gasteiger partial charge is 0.496 e. The molecule has 0 radical (unpaired) electrons. The lowest BCUT2D eigenvalue weighted by molar-refractivity contribution is -0.136. The fourth-order valence-electron chi connectivity index (χ4n) is 3.24. The van der Waals surface area contributed by atoms with Crippen molar-refractivity contribution in [3.63, 3.8) is 0 Å². The van der Waals surface area contributed by atoms with Crippen molar-refractivity contribution >= 4 is 17.7 Å². The molecule has 0 aromatic heterocycles. The number of nitrogens with one attached hydrogen (secondary N) is 2. The maximum absolute atomic E-state index is 12.8. The van der Waals surface area contributed by atoms with E-state index in [1.165, 1.54) is 28.4 Å². The molecule has 0 saturated heterocycles. The van der Waals surface area contributed by atoms with Crippen LogP contribution in [0.25, 0.3) is 5.70 Å². The number of amides is 2. The van der Waals surface area contributed by atoms with Crippen LogP contribution in [0.15, 0.2) is 48.0 Å². The Balaban J connectivity index is 2.26. The van der Waals surface area contributed by atoms with Gasteiger partial charge in [0.15, 0.2) is 11.5 Å². The van der Waals surface area contributed by atoms with Gasteiger partial charge < -0.3 is 29.6 Å². The fraction of sp³-hybridized carbons (Fsp3) is 0.238. The second kappa shape index (κ2) is 8.55. The molecule has 2 aromatic rings. The van der Waals surface area contributed by atoms with E-state index in [4.69, 9.17) is 18.9 Å². The van der Waals surface area contributed by atoms with Crippen molar-refractivity contribution in [1.29, 1.82) is 0 Å². The Bertz CT molecular complexity index is 955. The number of hydrogen-bond donors (Lipinski definition) is 2. The van der Waals surface area contributed by atoms with Crippen molar-refractivity contribution in [2.24, 2.45) is 0 Å². The number of rotatable bonds is 6. The Morgan fingerprint density at radius 2 is 1.52 bits per heavy atom. The van der Waals surface area contributed by atoms with Crippen LogP contribution in [0.4, 0.5) is 4.79 Å². The minimum atomic E-state index is -0.832. The van der Waals surface area contributed by atoms with Gasteiger partial charge in [-0.2, -0.15) is 0 Å². The predicted molar refractivity (Wildman–Crippen MR) is 106 cm³/mol. The summed E-state index contributed by atoms with van der Waals surface area (Å²) in [6.07, 6.45) is 0. The monoisotopic (exact) mass is 398 g/mol. The van der Waals surface area contributed by atoms with Crippen LogP contribution < -0.4 is 24.8 Å². The standard InChI is InChI=1S/C21H22N2O6/c1-26-14-11-16(28-3)15(27-2)10-13(14)19-17(20(24)29-4)18(22-21(25)23-19)12-8-6-5-7-9-12/h5-11,19H,1-4H3,(H2,22,23,25). The lowest BCUT2D eigenvalue weighted by Gasteiger charge is -2.30. The lowest BCUT2D eigenvalue weighted by atomic mass is 9.91. The third-order valence-corrected chi connectivity index (χ3v) is 4.59. The van der Waals surface area contributed by atoms with Crippen LogP contribution in [-0.4, -0.2) is 40.4 Å². The Morgan fingerprint density at radius 1 is 0.897 bits per heavy atom. The molecule has 3 rings (SSSR count). The van der Waals surface area contributed by atoms with Crippen LogP contribution >= 0.6 is 0 Å². The second-order valence-corrected chi connectivity index (χ2v) is 6.13. The molecule has 29 heavy (non-hydrogen) atoms. The first kappa shape index (κ1) is 20.1. The van der Waals surface area contributed by atoms with E-state index >= 15 is 0 Å². The first-order chi connectivity index (χ1) is 14.0. The molecule has 1 aliphatic heterocycles. The number of hydrogen-bond acceptors (Lipinski definition) is 6. The average molecular weight is 398 g/mol. The molecule has 0 spiro atoms. The summed E-state index contributed by atoms with van der Waals surface area (Å²) in [5, 5.41) is 5.49. The Kier molecular flexibility index (Phi) is 5.92. The molecule has 2 amide bonds. The van der Waals surface area contributed by atoms with E-state index in [0.29, 0.717) is 34.1 Å². The second-order valence-electron chi connectivity index (χ2n) is 6.13. The van der Waals surface area contributed by atoms with E-state index in [-0.39, 0.29) is 5.57 Å². The van der Waals surface area contributed by atoms with Crippen LogP contribution in [0.2, 0.25) is 0 Å². The van der Waals surface area contributed by atoms with E-state index in [2.05, 4.69) is 10.6 Å². The summed E-state index contributed by atoms with van der Waals surface area (Å²) in [6, 6.07) is 11.1. The van der Waals surface area contributed by atoms with Crippen LogP contribution in [0.3, 0.4) is 0 Å². The molecule has 1 heterocycles. The summed E-state index contributed by atoms with van der Waals surface area (Å²) < 4.78 is 21.2. The summed E-state index contributed by atoms with van der Waals surface area (Å²) in [4.78, 5) is 25.2. The van der Waals surface area contributed by atoms with E-state index in [1.807, 2.05) is 18.2 Å². The topological polar surface area (TPSA) is 95.1 Å². The highest BCUT2D eigenvalue weighted by Crippen LogP contribution is 2.41. The van der Waals surface area contributed by atoms with E-state index < -0.39 is 18.0 Å². The van der Waals surface area contributed by atoms with Gasteiger partial charge in [0.05, 0.1) is 45.8 Å². The summed E-state index contributed by atoms with van der Waals surface area (Å²) in [5.41, 5.74) is 1.80. The Hall–Kier alpha value is -3.68. The smallest absolute Gasteiger partial charge is 0.338 e. The molecular weight excluding hydrogens is 376 g/mol. The number of ether oxygens (including phenoxy) is 4. The van der Waals surface area contributed by atoms with Gasteiger partial charge in [0.1, 0.15) is 5.75 Å². The van der Waals surface area contributed by atoms with E-state index in [1.54, 1.807) is 24.3 Å². The van der Waals surface area contributed by atoms with Crippen molar-refractivity contribution < 1.29 is 28.5 Å². The normalized spacial score (nSPS) is 15.9. The van der Waals surface area contributed by atoms with Crippen molar-refractivity contribution in [1.82, 2.24) is 10.6 Å². The third kappa shape index (κ3) is 3.82. The highest BCUT2D eigenvalue weighted by molar-refractivity contribution is 6.04. The minimum Gasteiger partial charge on any atom is -0.496 e. The van der Waals surface area contributed by atoms with E-state index in [9.17, 15) is 9.59 Å². The summed E-state index contributed by atoms with van der Waals surface area (Å²) in [6.45, 7) is 0. The third-order valence-electron chi connectivity index (χ3n) is 4.59. The minimum absolute atomic E-state index is 0.240. The van der Waals surface area contributed by atoms with Gasteiger partial charge in [-0.15, -0.1) is 0 Å². The van der Waals surface area contributed by atoms with Gasteiger partial charge >= 0.3 is 12.0 Å². The maximum Gasteiger partial charge on any atom is 0.338 e. The van der Waals surface area contributed by atoms with Gasteiger partial charge in [0.25, 0.3) is 0 Å². The number of esters is 1. The van der Waals surface area contributed by atoms with Crippen LogP contribution in [-0.2, 0) is 9.53 Å². The first-order valence-electron chi connectivity index (χ1n) is 8.79. The molecule has 0 saturated carbocycles. The molecule has 0 fully saturated rings. The number of urea groups is 1. The van der Waals surface area contributed by atoms with Crippen LogP contribution in [0.5, 0.6) is 17.2 Å². The Labute approximate surface area is 168 Å². The van der Waals surface area contributed by atoms with Gasteiger partial charge in [-0.25, -0.2) is 9.59 Å². The molecule has 0 bridgehead atoms. The SMILES string of the molecule is COC(=O)C1=C(c2ccccc2)NC(=O)NC1c1cc(OC)c(OC)cc1OC. The number of benzene rings is 2. The molecule has 152 valence electrons. The summed E-state index contributed by atoms with van der Waals surface area (Å²) >= 11 is 0. The molecular formula is C21H22N2O6. The molecule has 8 nitrogen and oxygen atoms in total. The van der Waals surface area contributed by atoms with Crippen LogP contribution in [0, 0.1) is 0 Å². The quantitative estimate of drug-likeness (QED) is 0.727.